The summed E-state index contributed by atoms with van der Waals surface area (Å²) in [5, 5.41) is 4.26. The fourth-order valence-electron chi connectivity index (χ4n) is 2.23. The van der Waals surface area contributed by atoms with Crippen molar-refractivity contribution >= 4 is 66.8 Å². The van der Waals surface area contributed by atoms with E-state index in [2.05, 4.69) is 10.3 Å². The summed E-state index contributed by atoms with van der Waals surface area (Å²) in [7, 11) is -3.46. The van der Waals surface area contributed by atoms with E-state index in [-0.39, 0.29) is 10.5 Å². The van der Waals surface area contributed by atoms with Crippen molar-refractivity contribution in [2.75, 3.05) is 5.32 Å². The predicted molar refractivity (Wildman–Crippen MR) is 112 cm³/mol. The molecule has 0 radical (unpaired) electrons. The highest BCUT2D eigenvalue weighted by Gasteiger charge is 2.21. The van der Waals surface area contributed by atoms with Crippen molar-refractivity contribution in [3.8, 4) is 11.3 Å². The van der Waals surface area contributed by atoms with Crippen LogP contribution in [0.25, 0.3) is 11.3 Å². The maximum absolute atomic E-state index is 12.5. The van der Waals surface area contributed by atoms with Gasteiger partial charge in [0.2, 0.25) is 0 Å². The second kappa shape index (κ2) is 7.89. The van der Waals surface area contributed by atoms with Crippen molar-refractivity contribution in [2.24, 2.45) is 0 Å². The quantitative estimate of drug-likeness (QED) is 0.536. The van der Waals surface area contributed by atoms with Gasteiger partial charge in [0.05, 0.1) is 20.2 Å². The van der Waals surface area contributed by atoms with Crippen LogP contribution in [0, 0.1) is 0 Å². The van der Waals surface area contributed by atoms with Crippen LogP contribution in [0.4, 0.5) is 5.13 Å². The minimum Gasteiger partial charge on any atom is -0.298 e. The maximum atomic E-state index is 12.5. The molecule has 1 aromatic carbocycles. The predicted octanol–water partition coefficient (Wildman–Crippen LogP) is 5.61. The SMILES string of the molecule is CC(C)S(=O)(=O)c1cccc(C(=O)Nc2nc(-c3cc(Cl)sc3Cl)cs2)c1. The van der Waals surface area contributed by atoms with E-state index in [0.717, 1.165) is 0 Å². The van der Waals surface area contributed by atoms with E-state index >= 15 is 0 Å². The zero-order valence-electron chi connectivity index (χ0n) is 14.2. The van der Waals surface area contributed by atoms with Crippen molar-refractivity contribution in [1.82, 2.24) is 4.98 Å². The Hall–Kier alpha value is -1.45. The van der Waals surface area contributed by atoms with Crippen molar-refractivity contribution in [2.45, 2.75) is 24.0 Å². The second-order valence-corrected chi connectivity index (χ2v) is 11.5. The number of carbonyl (C=O) groups excluding carboxylic acids is 1. The molecule has 142 valence electrons. The molecule has 0 saturated carbocycles. The van der Waals surface area contributed by atoms with Crippen LogP contribution in [0.1, 0.15) is 24.2 Å². The van der Waals surface area contributed by atoms with E-state index in [1.54, 1.807) is 37.4 Å². The summed E-state index contributed by atoms with van der Waals surface area (Å²) in [5.74, 6) is -0.439. The number of carbonyl (C=O) groups is 1. The summed E-state index contributed by atoms with van der Waals surface area (Å²) in [6.07, 6.45) is 0. The number of thiazole rings is 1. The lowest BCUT2D eigenvalue weighted by molar-refractivity contribution is 0.102. The van der Waals surface area contributed by atoms with Crippen LogP contribution in [-0.2, 0) is 9.84 Å². The molecule has 0 saturated heterocycles. The fourth-order valence-corrected chi connectivity index (χ4v) is 5.52. The summed E-state index contributed by atoms with van der Waals surface area (Å²) in [4.78, 5) is 17.0. The molecule has 0 aliphatic rings. The first kappa shape index (κ1) is 20.3. The van der Waals surface area contributed by atoms with Crippen molar-refractivity contribution in [3.05, 3.63) is 49.9 Å². The van der Waals surface area contributed by atoms with E-state index in [1.165, 1.54) is 34.8 Å². The number of rotatable bonds is 5. The second-order valence-electron chi connectivity index (χ2n) is 5.85. The number of nitrogens with one attached hydrogen (secondary N) is 1. The molecule has 0 aliphatic carbocycles. The number of nitrogens with zero attached hydrogens (tertiary/aromatic N) is 1. The molecule has 1 amide bonds. The summed E-state index contributed by atoms with van der Waals surface area (Å²) in [6.45, 7) is 3.20. The molecule has 2 aromatic heterocycles. The minimum absolute atomic E-state index is 0.115. The molecular formula is C17H14Cl2N2O3S3. The number of thiophene rings is 1. The van der Waals surface area contributed by atoms with Crippen LogP contribution in [0.5, 0.6) is 0 Å². The molecule has 5 nitrogen and oxygen atoms in total. The van der Waals surface area contributed by atoms with Crippen LogP contribution < -0.4 is 5.32 Å². The van der Waals surface area contributed by atoms with Crippen LogP contribution >= 0.6 is 45.9 Å². The van der Waals surface area contributed by atoms with Crippen LogP contribution in [0.2, 0.25) is 8.67 Å². The van der Waals surface area contributed by atoms with Gasteiger partial charge < -0.3 is 0 Å². The molecule has 0 bridgehead atoms. The average Bonchev–Trinajstić information content (AvgIpc) is 3.20. The molecule has 1 N–H and O–H groups in total. The van der Waals surface area contributed by atoms with Gasteiger partial charge >= 0.3 is 0 Å². The van der Waals surface area contributed by atoms with E-state index in [0.29, 0.717) is 25.1 Å². The molecule has 0 spiro atoms. The van der Waals surface area contributed by atoms with Crippen molar-refractivity contribution < 1.29 is 13.2 Å². The lowest BCUT2D eigenvalue weighted by Crippen LogP contribution is -2.16. The first-order valence-electron chi connectivity index (χ1n) is 7.74. The topological polar surface area (TPSA) is 76.1 Å². The van der Waals surface area contributed by atoms with Gasteiger partial charge in [0.1, 0.15) is 4.34 Å². The monoisotopic (exact) mass is 460 g/mol. The van der Waals surface area contributed by atoms with Crippen LogP contribution in [0.15, 0.2) is 40.6 Å². The number of hydrogen-bond acceptors (Lipinski definition) is 6. The summed E-state index contributed by atoms with van der Waals surface area (Å²) in [6, 6.07) is 7.67. The molecule has 10 heteroatoms. The third-order valence-corrected chi connectivity index (χ3v) is 8.10. The number of anilines is 1. The molecule has 0 aliphatic heterocycles. The molecule has 27 heavy (non-hydrogen) atoms. The average molecular weight is 461 g/mol. The van der Waals surface area contributed by atoms with Crippen molar-refractivity contribution in [3.63, 3.8) is 0 Å². The van der Waals surface area contributed by atoms with Crippen molar-refractivity contribution in [1.29, 1.82) is 0 Å². The Morgan fingerprint density at radius 3 is 2.59 bits per heavy atom. The van der Waals surface area contributed by atoms with E-state index in [4.69, 9.17) is 23.2 Å². The van der Waals surface area contributed by atoms with Gasteiger partial charge in [-0.3, -0.25) is 10.1 Å². The van der Waals surface area contributed by atoms with Crippen LogP contribution in [0.3, 0.4) is 0 Å². The van der Waals surface area contributed by atoms with Gasteiger partial charge in [0, 0.05) is 16.5 Å². The van der Waals surface area contributed by atoms with Gasteiger partial charge in [-0.2, -0.15) is 0 Å². The highest BCUT2D eigenvalue weighted by molar-refractivity contribution is 7.92. The molecule has 0 atom stereocenters. The number of halogens is 2. The molecule has 3 rings (SSSR count). The Balaban J connectivity index is 1.82. The fraction of sp³-hybridized carbons (Fsp3) is 0.176. The molecule has 0 fully saturated rings. The molecule has 3 aromatic rings. The van der Waals surface area contributed by atoms with Crippen LogP contribution in [-0.4, -0.2) is 24.6 Å². The summed E-state index contributed by atoms with van der Waals surface area (Å²) in [5.41, 5.74) is 1.55. The largest absolute Gasteiger partial charge is 0.298 e. The summed E-state index contributed by atoms with van der Waals surface area (Å²) >= 11 is 14.6. The third kappa shape index (κ3) is 4.35. The number of amides is 1. The Kier molecular flexibility index (Phi) is 5.93. The van der Waals surface area contributed by atoms with Gasteiger partial charge in [-0.05, 0) is 38.1 Å². The Labute approximate surface area is 174 Å². The van der Waals surface area contributed by atoms with E-state index in [9.17, 15) is 13.2 Å². The Morgan fingerprint density at radius 1 is 1.22 bits per heavy atom. The molecular weight excluding hydrogens is 447 g/mol. The third-order valence-electron chi connectivity index (χ3n) is 3.70. The van der Waals surface area contributed by atoms with Gasteiger partial charge in [-0.1, -0.05) is 29.3 Å². The minimum atomic E-state index is -3.46. The number of benzene rings is 1. The number of sulfone groups is 1. The maximum Gasteiger partial charge on any atom is 0.257 e. The highest BCUT2D eigenvalue weighted by Crippen LogP contribution is 2.39. The lowest BCUT2D eigenvalue weighted by atomic mass is 10.2. The highest BCUT2D eigenvalue weighted by atomic mass is 35.5. The zero-order valence-corrected chi connectivity index (χ0v) is 18.2. The number of hydrogen-bond donors (Lipinski definition) is 1. The van der Waals surface area contributed by atoms with Gasteiger partial charge in [-0.15, -0.1) is 22.7 Å². The standard InChI is InChI=1S/C17H14Cl2N2O3S3/c1-9(2)27(23,24)11-5-3-4-10(6-11)16(22)21-17-20-13(8-25-17)12-7-14(18)26-15(12)19/h3-9H,1-2H3,(H,20,21,22). The Bertz CT molecular complexity index is 1100. The van der Waals surface area contributed by atoms with Gasteiger partial charge in [0.25, 0.3) is 5.91 Å². The summed E-state index contributed by atoms with van der Waals surface area (Å²) < 4.78 is 25.7. The zero-order chi connectivity index (χ0) is 19.8. The molecule has 0 unspecified atom stereocenters. The van der Waals surface area contributed by atoms with Gasteiger partial charge in [-0.25, -0.2) is 13.4 Å². The first-order chi connectivity index (χ1) is 12.7. The van der Waals surface area contributed by atoms with Gasteiger partial charge in [0.15, 0.2) is 15.0 Å². The normalized spacial score (nSPS) is 11.7. The van der Waals surface area contributed by atoms with E-state index < -0.39 is 21.0 Å². The Morgan fingerprint density at radius 2 is 1.96 bits per heavy atom. The molecule has 2 heterocycles. The smallest absolute Gasteiger partial charge is 0.257 e. The van der Waals surface area contributed by atoms with E-state index in [1.807, 2.05) is 0 Å². The number of aromatic nitrogens is 1. The first-order valence-corrected chi connectivity index (χ1v) is 11.7. The lowest BCUT2D eigenvalue weighted by Gasteiger charge is -2.09.